The van der Waals surface area contributed by atoms with E-state index in [0.29, 0.717) is 5.56 Å². The average molecular weight is 333 g/mol. The van der Waals surface area contributed by atoms with Gasteiger partial charge in [0.05, 0.1) is 12.5 Å². The van der Waals surface area contributed by atoms with Gasteiger partial charge in [0.15, 0.2) is 0 Å². The number of hydrogen-bond acceptors (Lipinski definition) is 6. The Bertz CT molecular complexity index is 704. The summed E-state index contributed by atoms with van der Waals surface area (Å²) in [5, 5.41) is 11.1. The van der Waals surface area contributed by atoms with E-state index < -0.39 is 47.6 Å². The highest BCUT2D eigenvalue weighted by Gasteiger charge is 2.77. The monoisotopic (exact) mass is 333 g/mol. The highest BCUT2D eigenvalue weighted by Crippen LogP contribution is 2.61. The lowest BCUT2D eigenvalue weighted by atomic mass is 9.67. The minimum absolute atomic E-state index is 0.464. The Morgan fingerprint density at radius 1 is 1.29 bits per heavy atom. The van der Waals surface area contributed by atoms with Gasteiger partial charge in [-0.15, -0.1) is 0 Å². The second-order valence-electron chi connectivity index (χ2n) is 6.97. The Morgan fingerprint density at radius 2 is 1.96 bits per heavy atom. The van der Waals surface area contributed by atoms with Crippen molar-refractivity contribution >= 4 is 12.1 Å². The molecule has 7 heteroatoms. The molecule has 7 nitrogen and oxygen atoms in total. The summed E-state index contributed by atoms with van der Waals surface area (Å²) in [5.74, 6) is -0.946. The predicted octanol–water partition coefficient (Wildman–Crippen LogP) is 1.21. The molecular weight excluding hydrogens is 314 g/mol. The van der Waals surface area contributed by atoms with E-state index in [1.54, 1.807) is 38.1 Å². The van der Waals surface area contributed by atoms with Crippen LogP contribution in [0.1, 0.15) is 19.4 Å². The summed E-state index contributed by atoms with van der Waals surface area (Å²) in [6.45, 7) is 3.45. The van der Waals surface area contributed by atoms with Gasteiger partial charge in [-0.1, -0.05) is 30.3 Å². The fourth-order valence-electron chi connectivity index (χ4n) is 4.26. The van der Waals surface area contributed by atoms with E-state index in [2.05, 4.69) is 0 Å². The second kappa shape index (κ2) is 4.70. The Hall–Kier alpha value is -2.12. The molecule has 5 atom stereocenters. The lowest BCUT2D eigenvalue weighted by molar-refractivity contribution is -0.216. The molecule has 3 aliphatic rings. The average Bonchev–Trinajstić information content (AvgIpc) is 3.06. The number of benzene rings is 1. The summed E-state index contributed by atoms with van der Waals surface area (Å²) in [6.07, 6.45) is -3.31. The van der Waals surface area contributed by atoms with Crippen molar-refractivity contribution in [3.63, 3.8) is 0 Å². The number of ether oxygens (including phenoxy) is 3. The molecule has 1 aromatic rings. The maximum absolute atomic E-state index is 12.4. The first kappa shape index (κ1) is 15.4. The van der Waals surface area contributed by atoms with E-state index in [-0.39, 0.29) is 0 Å². The number of piperidine rings is 1. The molecule has 1 amide bonds. The molecule has 0 saturated carbocycles. The third kappa shape index (κ3) is 1.58. The van der Waals surface area contributed by atoms with Gasteiger partial charge in [0.2, 0.25) is 12.0 Å². The smallest absolute Gasteiger partial charge is 0.415 e. The van der Waals surface area contributed by atoms with Gasteiger partial charge in [-0.25, -0.2) is 9.69 Å². The molecule has 0 radical (unpaired) electrons. The number of carbonyl (C=O) groups excluding carboxylic acids is 2. The maximum Gasteiger partial charge on any atom is 0.415 e. The van der Waals surface area contributed by atoms with Crippen LogP contribution < -0.4 is 0 Å². The molecule has 1 N–H and O–H groups in total. The summed E-state index contributed by atoms with van der Waals surface area (Å²) in [4.78, 5) is 26.0. The number of carbonyl (C=O) groups is 2. The second-order valence-corrected chi connectivity index (χ2v) is 6.97. The Labute approximate surface area is 139 Å². The topological polar surface area (TPSA) is 85.3 Å². The fourth-order valence-corrected chi connectivity index (χ4v) is 4.26. The molecule has 4 rings (SSSR count). The van der Waals surface area contributed by atoms with Gasteiger partial charge < -0.3 is 19.3 Å². The van der Waals surface area contributed by atoms with Gasteiger partial charge >= 0.3 is 12.1 Å². The molecule has 24 heavy (non-hydrogen) atoms. The van der Waals surface area contributed by atoms with Crippen molar-refractivity contribution in [2.45, 2.75) is 38.0 Å². The van der Waals surface area contributed by atoms with Gasteiger partial charge in [0, 0.05) is 11.5 Å². The predicted molar refractivity (Wildman–Crippen MR) is 80.4 cm³/mol. The number of rotatable bonds is 1. The van der Waals surface area contributed by atoms with Crippen molar-refractivity contribution < 1.29 is 28.9 Å². The molecule has 1 aromatic carbocycles. The molecule has 0 aliphatic carbocycles. The zero-order chi connectivity index (χ0) is 17.3. The molecule has 128 valence electrons. The Balaban J connectivity index is 1.91. The van der Waals surface area contributed by atoms with Gasteiger partial charge in [0.25, 0.3) is 0 Å². The molecule has 0 spiro atoms. The van der Waals surface area contributed by atoms with Gasteiger partial charge in [-0.05, 0) is 13.8 Å². The first-order valence-corrected chi connectivity index (χ1v) is 7.85. The van der Waals surface area contributed by atoms with E-state index in [9.17, 15) is 14.7 Å². The summed E-state index contributed by atoms with van der Waals surface area (Å²) < 4.78 is 16.5. The first-order valence-electron chi connectivity index (χ1n) is 7.85. The van der Waals surface area contributed by atoms with Crippen molar-refractivity contribution in [2.24, 2.45) is 11.3 Å². The lowest BCUT2D eigenvalue weighted by Gasteiger charge is -2.50. The molecule has 0 unspecified atom stereocenters. The highest BCUT2D eigenvalue weighted by molar-refractivity contribution is 5.80. The fraction of sp³-hybridized carbons (Fsp3) is 0.529. The maximum atomic E-state index is 12.4. The van der Waals surface area contributed by atoms with Crippen molar-refractivity contribution in [1.82, 2.24) is 4.90 Å². The molecule has 3 saturated heterocycles. The number of fused-ring (bicyclic) bond motifs is 1. The van der Waals surface area contributed by atoms with E-state index in [0.717, 1.165) is 0 Å². The molecule has 0 aromatic heterocycles. The molecule has 3 aliphatic heterocycles. The van der Waals surface area contributed by atoms with Gasteiger partial charge in [-0.2, -0.15) is 0 Å². The standard InChI is InChI=1S/C17H19NO6/c1-16(2)10-11-13(23-14(16)20)18(15(21)22-3)17(24-11,12(10)19)9-7-5-4-6-8-9/h4-8,10-13,19H,1-3H3/t10-,11+,12-,13+,17-/m0/s1. The van der Waals surface area contributed by atoms with Crippen LogP contribution >= 0.6 is 0 Å². The zero-order valence-corrected chi connectivity index (χ0v) is 13.6. The molecule has 3 fully saturated rings. The summed E-state index contributed by atoms with van der Waals surface area (Å²) in [5.41, 5.74) is -1.72. The van der Waals surface area contributed by atoms with Gasteiger partial charge in [0.1, 0.15) is 12.2 Å². The number of likely N-dealkylation sites (tertiary alicyclic amines) is 1. The van der Waals surface area contributed by atoms with Crippen LogP contribution in [0.15, 0.2) is 30.3 Å². The van der Waals surface area contributed by atoms with Crippen LogP contribution in [0.4, 0.5) is 4.79 Å². The largest absolute Gasteiger partial charge is 0.453 e. The van der Waals surface area contributed by atoms with Crippen LogP contribution in [0.5, 0.6) is 0 Å². The zero-order valence-electron chi connectivity index (χ0n) is 13.6. The number of amides is 1. The number of hydrogen-bond donors (Lipinski definition) is 1. The number of methoxy groups -OCH3 is 1. The first-order chi connectivity index (χ1) is 11.4. The summed E-state index contributed by atoms with van der Waals surface area (Å²) in [6, 6.07) is 8.98. The molecular formula is C17H19NO6. The summed E-state index contributed by atoms with van der Waals surface area (Å²) >= 11 is 0. The third-order valence-corrected chi connectivity index (χ3v) is 5.45. The third-order valence-electron chi connectivity index (χ3n) is 5.45. The number of nitrogens with zero attached hydrogens (tertiary/aromatic N) is 1. The van der Waals surface area contributed by atoms with E-state index in [1.807, 2.05) is 6.07 Å². The number of aliphatic hydroxyl groups is 1. The Morgan fingerprint density at radius 3 is 2.58 bits per heavy atom. The highest BCUT2D eigenvalue weighted by atomic mass is 16.7. The van der Waals surface area contributed by atoms with Crippen LogP contribution in [-0.2, 0) is 24.7 Å². The van der Waals surface area contributed by atoms with Crippen molar-refractivity contribution in [3.8, 4) is 0 Å². The Kier molecular flexibility index (Phi) is 3.02. The van der Waals surface area contributed by atoms with Gasteiger partial charge in [-0.3, -0.25) is 4.79 Å². The summed E-state index contributed by atoms with van der Waals surface area (Å²) in [7, 11) is 1.24. The van der Waals surface area contributed by atoms with Crippen molar-refractivity contribution in [1.29, 1.82) is 0 Å². The normalized spacial score (nSPS) is 38.8. The van der Waals surface area contributed by atoms with E-state index in [4.69, 9.17) is 14.2 Å². The van der Waals surface area contributed by atoms with Crippen molar-refractivity contribution in [3.05, 3.63) is 35.9 Å². The quantitative estimate of drug-likeness (QED) is 0.778. The molecule has 2 bridgehead atoms. The minimum Gasteiger partial charge on any atom is -0.453 e. The van der Waals surface area contributed by atoms with Crippen molar-refractivity contribution in [2.75, 3.05) is 7.11 Å². The van der Waals surface area contributed by atoms with E-state index >= 15 is 0 Å². The van der Waals surface area contributed by atoms with Crippen LogP contribution in [0, 0.1) is 11.3 Å². The van der Waals surface area contributed by atoms with Crippen LogP contribution in [0.2, 0.25) is 0 Å². The number of aliphatic hydroxyl groups excluding tert-OH is 1. The number of esters is 1. The van der Waals surface area contributed by atoms with E-state index in [1.165, 1.54) is 12.0 Å². The van der Waals surface area contributed by atoms with Crippen LogP contribution in [0.3, 0.4) is 0 Å². The van der Waals surface area contributed by atoms with Crippen LogP contribution in [0.25, 0.3) is 0 Å². The lowest BCUT2D eigenvalue weighted by Crippen LogP contribution is -2.68. The molecule has 3 heterocycles. The van der Waals surface area contributed by atoms with Crippen LogP contribution in [-0.4, -0.2) is 47.6 Å². The minimum atomic E-state index is -1.42. The SMILES string of the molecule is COC(=O)N1[C@@H]2OC(=O)C(C)(C)[C@H]3[C@H]2O[C@@]1(c1ccccc1)[C@H]3O.